The topological polar surface area (TPSA) is 80.6 Å². The maximum atomic E-state index is 12.1. The minimum atomic E-state index is -3.52. The number of rotatable bonds is 9. The molecule has 1 aromatic rings. The Morgan fingerprint density at radius 2 is 2.25 bits per heavy atom. The molecule has 6 nitrogen and oxygen atoms in total. The molecule has 2 atom stereocenters. The SMILES string of the molecule is CCC1CC1NS(=O)(=O)c1ccc(CNCCOC)o1. The van der Waals surface area contributed by atoms with Gasteiger partial charge in [0.2, 0.25) is 5.09 Å². The third-order valence-corrected chi connectivity index (χ3v) is 4.80. The Hall–Kier alpha value is -0.890. The highest BCUT2D eigenvalue weighted by atomic mass is 32.2. The van der Waals surface area contributed by atoms with E-state index in [1.165, 1.54) is 6.07 Å². The van der Waals surface area contributed by atoms with Gasteiger partial charge in [0.25, 0.3) is 10.0 Å². The van der Waals surface area contributed by atoms with E-state index in [0.29, 0.717) is 31.4 Å². The zero-order chi connectivity index (χ0) is 14.6. The first kappa shape index (κ1) is 15.5. The number of ether oxygens (including phenoxy) is 1. The zero-order valence-electron chi connectivity index (χ0n) is 11.9. The minimum Gasteiger partial charge on any atom is -0.447 e. The second kappa shape index (κ2) is 6.71. The molecule has 0 spiro atoms. The van der Waals surface area contributed by atoms with Gasteiger partial charge in [-0.2, -0.15) is 0 Å². The van der Waals surface area contributed by atoms with Crippen LogP contribution in [0.5, 0.6) is 0 Å². The van der Waals surface area contributed by atoms with Crippen molar-refractivity contribution in [1.82, 2.24) is 10.0 Å². The van der Waals surface area contributed by atoms with E-state index in [1.807, 2.05) is 0 Å². The Bertz CT molecular complexity index is 526. The third-order valence-electron chi connectivity index (χ3n) is 3.44. The van der Waals surface area contributed by atoms with Gasteiger partial charge in [0.1, 0.15) is 5.76 Å². The standard InChI is InChI=1S/C13H22N2O4S/c1-3-10-8-12(10)15-20(16,17)13-5-4-11(19-13)9-14-6-7-18-2/h4-5,10,12,14-15H,3,6-9H2,1-2H3. The molecular formula is C13H22N2O4S. The van der Waals surface area contributed by atoms with E-state index >= 15 is 0 Å². The molecule has 1 heterocycles. The zero-order valence-corrected chi connectivity index (χ0v) is 12.7. The van der Waals surface area contributed by atoms with Gasteiger partial charge in [-0.25, -0.2) is 13.1 Å². The van der Waals surface area contributed by atoms with Crippen LogP contribution < -0.4 is 10.0 Å². The van der Waals surface area contributed by atoms with Crippen LogP contribution in [0, 0.1) is 5.92 Å². The molecule has 2 N–H and O–H groups in total. The van der Waals surface area contributed by atoms with Crippen LogP contribution in [-0.2, 0) is 21.3 Å². The second-order valence-electron chi connectivity index (χ2n) is 5.02. The first-order chi connectivity index (χ1) is 9.56. The molecule has 1 aromatic heterocycles. The molecule has 0 radical (unpaired) electrons. The fourth-order valence-corrected chi connectivity index (χ4v) is 3.35. The molecule has 7 heteroatoms. The van der Waals surface area contributed by atoms with Gasteiger partial charge in [0.15, 0.2) is 0 Å². The number of hydrogen-bond acceptors (Lipinski definition) is 5. The number of methoxy groups -OCH3 is 1. The van der Waals surface area contributed by atoms with Crippen LogP contribution in [0.2, 0.25) is 0 Å². The molecule has 0 aromatic carbocycles. The van der Waals surface area contributed by atoms with Crippen molar-refractivity contribution in [3.05, 3.63) is 17.9 Å². The minimum absolute atomic E-state index is 0.0113. The maximum absolute atomic E-state index is 12.1. The molecule has 1 fully saturated rings. The van der Waals surface area contributed by atoms with Crippen molar-refractivity contribution in [3.8, 4) is 0 Å². The molecule has 114 valence electrons. The molecule has 1 aliphatic rings. The lowest BCUT2D eigenvalue weighted by Gasteiger charge is -2.03. The number of furan rings is 1. The highest BCUT2D eigenvalue weighted by Crippen LogP contribution is 2.34. The average Bonchev–Trinajstić information content (AvgIpc) is 2.97. The van der Waals surface area contributed by atoms with Gasteiger partial charge in [0.05, 0.1) is 13.2 Å². The van der Waals surface area contributed by atoms with Gasteiger partial charge in [-0.3, -0.25) is 0 Å². The van der Waals surface area contributed by atoms with Crippen molar-refractivity contribution in [2.45, 2.75) is 37.4 Å². The summed E-state index contributed by atoms with van der Waals surface area (Å²) >= 11 is 0. The summed E-state index contributed by atoms with van der Waals surface area (Å²) < 4.78 is 37.1. The van der Waals surface area contributed by atoms with Crippen LogP contribution in [0.1, 0.15) is 25.5 Å². The molecule has 0 amide bonds. The van der Waals surface area contributed by atoms with E-state index in [4.69, 9.17) is 9.15 Å². The van der Waals surface area contributed by atoms with Crippen molar-refractivity contribution in [3.63, 3.8) is 0 Å². The van der Waals surface area contributed by atoms with Gasteiger partial charge in [-0.05, 0) is 24.5 Å². The first-order valence-electron chi connectivity index (χ1n) is 6.87. The van der Waals surface area contributed by atoms with Crippen LogP contribution in [-0.4, -0.2) is 34.7 Å². The summed E-state index contributed by atoms with van der Waals surface area (Å²) in [6, 6.07) is 3.25. The van der Waals surface area contributed by atoms with Gasteiger partial charge in [-0.1, -0.05) is 13.3 Å². The molecular weight excluding hydrogens is 280 g/mol. The first-order valence-corrected chi connectivity index (χ1v) is 8.36. The monoisotopic (exact) mass is 302 g/mol. The molecule has 20 heavy (non-hydrogen) atoms. The summed E-state index contributed by atoms with van der Waals surface area (Å²) in [7, 11) is -1.89. The Kier molecular flexibility index (Phi) is 5.20. The molecule has 0 saturated heterocycles. The predicted molar refractivity (Wildman–Crippen MR) is 74.8 cm³/mol. The Morgan fingerprint density at radius 1 is 1.45 bits per heavy atom. The van der Waals surface area contributed by atoms with Gasteiger partial charge >= 0.3 is 0 Å². The van der Waals surface area contributed by atoms with E-state index in [-0.39, 0.29) is 11.1 Å². The van der Waals surface area contributed by atoms with E-state index < -0.39 is 10.0 Å². The van der Waals surface area contributed by atoms with E-state index in [9.17, 15) is 8.42 Å². The molecule has 1 saturated carbocycles. The lowest BCUT2D eigenvalue weighted by molar-refractivity contribution is 0.198. The number of sulfonamides is 1. The predicted octanol–water partition coefficient (Wildman–Crippen LogP) is 1.09. The largest absolute Gasteiger partial charge is 0.447 e. The van der Waals surface area contributed by atoms with Crippen molar-refractivity contribution in [1.29, 1.82) is 0 Å². The van der Waals surface area contributed by atoms with Gasteiger partial charge in [-0.15, -0.1) is 0 Å². The summed E-state index contributed by atoms with van der Waals surface area (Å²) in [5, 5.41) is 3.09. The second-order valence-corrected chi connectivity index (χ2v) is 6.67. The summed E-state index contributed by atoms with van der Waals surface area (Å²) in [6.07, 6.45) is 1.92. The van der Waals surface area contributed by atoms with Gasteiger partial charge in [0, 0.05) is 19.7 Å². The molecule has 0 bridgehead atoms. The lowest BCUT2D eigenvalue weighted by atomic mass is 10.3. The van der Waals surface area contributed by atoms with Crippen LogP contribution in [0.25, 0.3) is 0 Å². The Morgan fingerprint density at radius 3 is 2.90 bits per heavy atom. The Balaban J connectivity index is 1.87. The van der Waals surface area contributed by atoms with Crippen molar-refractivity contribution in [2.75, 3.05) is 20.3 Å². The Labute approximate surface area is 119 Å². The van der Waals surface area contributed by atoms with E-state index in [2.05, 4.69) is 17.0 Å². The van der Waals surface area contributed by atoms with Crippen LogP contribution in [0.4, 0.5) is 0 Å². The third kappa shape index (κ3) is 4.05. The van der Waals surface area contributed by atoms with Crippen molar-refractivity contribution < 1.29 is 17.6 Å². The van der Waals surface area contributed by atoms with Crippen LogP contribution in [0.3, 0.4) is 0 Å². The normalized spacial score (nSPS) is 22.1. The molecule has 1 aliphatic carbocycles. The summed E-state index contributed by atoms with van der Waals surface area (Å²) in [5.41, 5.74) is 0. The fourth-order valence-electron chi connectivity index (χ4n) is 2.08. The summed E-state index contributed by atoms with van der Waals surface area (Å²) in [4.78, 5) is 0. The smallest absolute Gasteiger partial charge is 0.274 e. The van der Waals surface area contributed by atoms with Crippen molar-refractivity contribution >= 4 is 10.0 Å². The maximum Gasteiger partial charge on any atom is 0.274 e. The fraction of sp³-hybridized carbons (Fsp3) is 0.692. The molecule has 2 unspecified atom stereocenters. The number of nitrogens with one attached hydrogen (secondary N) is 2. The van der Waals surface area contributed by atoms with Crippen LogP contribution >= 0.6 is 0 Å². The number of hydrogen-bond donors (Lipinski definition) is 2. The highest BCUT2D eigenvalue weighted by Gasteiger charge is 2.39. The van der Waals surface area contributed by atoms with E-state index in [1.54, 1.807) is 13.2 Å². The van der Waals surface area contributed by atoms with E-state index in [0.717, 1.165) is 12.8 Å². The van der Waals surface area contributed by atoms with Crippen molar-refractivity contribution in [2.24, 2.45) is 5.92 Å². The summed E-state index contributed by atoms with van der Waals surface area (Å²) in [6.45, 7) is 3.85. The molecule has 0 aliphatic heterocycles. The summed E-state index contributed by atoms with van der Waals surface area (Å²) in [5.74, 6) is 1.07. The lowest BCUT2D eigenvalue weighted by Crippen LogP contribution is -2.26. The highest BCUT2D eigenvalue weighted by molar-refractivity contribution is 7.89. The van der Waals surface area contributed by atoms with Crippen LogP contribution in [0.15, 0.2) is 21.6 Å². The average molecular weight is 302 g/mol. The molecule has 2 rings (SSSR count). The van der Waals surface area contributed by atoms with Gasteiger partial charge < -0.3 is 14.5 Å². The quantitative estimate of drug-likeness (QED) is 0.668.